The molecule has 0 radical (unpaired) electrons. The maximum absolute atomic E-state index is 11.4. The Bertz CT molecular complexity index is 211. The van der Waals surface area contributed by atoms with E-state index in [4.69, 9.17) is 4.74 Å². The highest BCUT2D eigenvalue weighted by Crippen LogP contribution is 2.08. The van der Waals surface area contributed by atoms with Crippen molar-refractivity contribution in [3.63, 3.8) is 0 Å². The molecule has 0 saturated heterocycles. The van der Waals surface area contributed by atoms with Crippen LogP contribution in [0.1, 0.15) is 84.0 Å². The summed E-state index contributed by atoms with van der Waals surface area (Å²) in [4.78, 5) is 11.4. The largest absolute Gasteiger partial charge is 0.466 e. The molecule has 0 aliphatic heterocycles. The molecule has 0 saturated carbocycles. The van der Waals surface area contributed by atoms with E-state index in [0.717, 1.165) is 25.7 Å². The molecule has 0 aromatic carbocycles. The van der Waals surface area contributed by atoms with Crippen LogP contribution < -0.4 is 0 Å². The molecule has 0 heterocycles. The van der Waals surface area contributed by atoms with E-state index in [1.165, 1.54) is 44.9 Å². The van der Waals surface area contributed by atoms with Crippen molar-refractivity contribution in [2.75, 3.05) is 6.61 Å². The van der Waals surface area contributed by atoms with E-state index < -0.39 is 0 Å². The zero-order chi connectivity index (χ0) is 14.2. The summed E-state index contributed by atoms with van der Waals surface area (Å²) in [6.07, 6.45) is 15.5. The van der Waals surface area contributed by atoms with Crippen molar-refractivity contribution in [2.24, 2.45) is 0 Å². The second-order valence-electron chi connectivity index (χ2n) is 5.23. The van der Waals surface area contributed by atoms with E-state index in [9.17, 15) is 4.79 Å². The van der Waals surface area contributed by atoms with Crippen molar-refractivity contribution in [2.45, 2.75) is 84.0 Å². The van der Waals surface area contributed by atoms with Gasteiger partial charge in [-0.25, -0.2) is 0 Å². The zero-order valence-electron chi connectivity index (χ0n) is 12.8. The number of unbranched alkanes of at least 4 members (excludes halogenated alkanes) is 9. The summed E-state index contributed by atoms with van der Waals surface area (Å²) in [6, 6.07) is 0. The van der Waals surface area contributed by atoms with Crippen LogP contribution in [0.2, 0.25) is 0 Å². The lowest BCUT2D eigenvalue weighted by molar-refractivity contribution is -0.143. The summed E-state index contributed by atoms with van der Waals surface area (Å²) in [5.41, 5.74) is 0. The minimum absolute atomic E-state index is 0.0164. The molecule has 0 rings (SSSR count). The molecule has 0 aromatic rings. The number of esters is 1. The normalized spacial score (nSPS) is 10.4. The van der Waals surface area contributed by atoms with Gasteiger partial charge in [-0.15, -0.1) is 6.58 Å². The fraction of sp³-hybridized carbons (Fsp3) is 0.824. The molecule has 0 spiro atoms. The molecule has 19 heavy (non-hydrogen) atoms. The third-order valence-corrected chi connectivity index (χ3v) is 3.30. The Kier molecular flexibility index (Phi) is 14.6. The number of rotatable bonds is 14. The van der Waals surface area contributed by atoms with Gasteiger partial charge in [0.15, 0.2) is 0 Å². The number of allylic oxidation sites excluding steroid dienone is 1. The van der Waals surface area contributed by atoms with Gasteiger partial charge in [-0.2, -0.15) is 0 Å². The molecule has 0 N–H and O–H groups in total. The zero-order valence-corrected chi connectivity index (χ0v) is 12.8. The molecule has 0 bridgehead atoms. The van der Waals surface area contributed by atoms with Gasteiger partial charge >= 0.3 is 5.97 Å². The Hall–Kier alpha value is -0.790. The van der Waals surface area contributed by atoms with Gasteiger partial charge in [0, 0.05) is 6.42 Å². The van der Waals surface area contributed by atoms with Crippen LogP contribution in [0.3, 0.4) is 0 Å². The Morgan fingerprint density at radius 3 is 2.32 bits per heavy atom. The first-order valence-electron chi connectivity index (χ1n) is 8.07. The molecule has 0 aliphatic carbocycles. The van der Waals surface area contributed by atoms with E-state index in [1.54, 1.807) is 0 Å². The molecular formula is C17H32O2. The van der Waals surface area contributed by atoms with Gasteiger partial charge < -0.3 is 4.74 Å². The first-order valence-corrected chi connectivity index (χ1v) is 8.07. The van der Waals surface area contributed by atoms with Crippen LogP contribution in [-0.4, -0.2) is 12.6 Å². The van der Waals surface area contributed by atoms with Crippen LogP contribution in [0.5, 0.6) is 0 Å². The van der Waals surface area contributed by atoms with Crippen molar-refractivity contribution in [1.82, 2.24) is 0 Å². The van der Waals surface area contributed by atoms with E-state index >= 15 is 0 Å². The fourth-order valence-electron chi connectivity index (χ4n) is 2.05. The van der Waals surface area contributed by atoms with E-state index in [0.29, 0.717) is 13.0 Å². The monoisotopic (exact) mass is 268 g/mol. The maximum Gasteiger partial charge on any atom is 0.305 e. The topological polar surface area (TPSA) is 26.3 Å². The number of carbonyl (C=O) groups is 1. The number of hydrogen-bond acceptors (Lipinski definition) is 2. The Morgan fingerprint density at radius 2 is 1.58 bits per heavy atom. The molecule has 2 nitrogen and oxygen atoms in total. The molecule has 0 fully saturated rings. The van der Waals surface area contributed by atoms with Crippen molar-refractivity contribution >= 4 is 5.97 Å². The molecular weight excluding hydrogens is 236 g/mol. The summed E-state index contributed by atoms with van der Waals surface area (Å²) < 4.78 is 5.22. The Morgan fingerprint density at radius 1 is 0.947 bits per heavy atom. The van der Waals surface area contributed by atoms with E-state index in [-0.39, 0.29) is 5.97 Å². The van der Waals surface area contributed by atoms with Gasteiger partial charge in [0.25, 0.3) is 0 Å². The standard InChI is InChI=1S/C17H32O2/c1-3-5-7-9-11-13-15-17(18)19-16-14-12-10-8-6-4-2/h3H,1,4-16H2,2H3. The number of hydrogen-bond donors (Lipinski definition) is 0. The van der Waals surface area contributed by atoms with Crippen LogP contribution in [0.25, 0.3) is 0 Å². The molecule has 112 valence electrons. The van der Waals surface area contributed by atoms with Gasteiger partial charge in [-0.3, -0.25) is 4.79 Å². The quantitative estimate of drug-likeness (QED) is 0.239. The van der Waals surface area contributed by atoms with Crippen molar-refractivity contribution < 1.29 is 9.53 Å². The van der Waals surface area contributed by atoms with Gasteiger partial charge in [0.2, 0.25) is 0 Å². The minimum Gasteiger partial charge on any atom is -0.466 e. The molecule has 0 atom stereocenters. The highest BCUT2D eigenvalue weighted by Gasteiger charge is 2.02. The van der Waals surface area contributed by atoms with Gasteiger partial charge in [0.1, 0.15) is 0 Å². The van der Waals surface area contributed by atoms with Crippen LogP contribution in [-0.2, 0) is 9.53 Å². The average molecular weight is 268 g/mol. The lowest BCUT2D eigenvalue weighted by Gasteiger charge is -2.05. The Labute approximate surface area is 119 Å². The minimum atomic E-state index is -0.0164. The van der Waals surface area contributed by atoms with Gasteiger partial charge in [0.05, 0.1) is 6.61 Å². The number of carbonyl (C=O) groups excluding carboxylic acids is 1. The predicted molar refractivity (Wildman–Crippen MR) is 82.2 cm³/mol. The van der Waals surface area contributed by atoms with Crippen LogP contribution in [0.15, 0.2) is 12.7 Å². The molecule has 0 amide bonds. The van der Waals surface area contributed by atoms with Crippen LogP contribution in [0, 0.1) is 0 Å². The maximum atomic E-state index is 11.4. The second kappa shape index (κ2) is 15.3. The highest BCUT2D eigenvalue weighted by atomic mass is 16.5. The molecule has 0 unspecified atom stereocenters. The van der Waals surface area contributed by atoms with Crippen molar-refractivity contribution in [3.8, 4) is 0 Å². The summed E-state index contributed by atoms with van der Waals surface area (Å²) in [7, 11) is 0. The molecule has 0 aliphatic rings. The van der Waals surface area contributed by atoms with Crippen LogP contribution in [0.4, 0.5) is 0 Å². The van der Waals surface area contributed by atoms with Crippen molar-refractivity contribution in [1.29, 1.82) is 0 Å². The SMILES string of the molecule is C=CCCCCCCC(=O)OCCCCCCCC. The van der Waals surface area contributed by atoms with Gasteiger partial charge in [-0.05, 0) is 25.7 Å². The first-order chi connectivity index (χ1) is 9.31. The molecule has 0 aromatic heterocycles. The Balaban J connectivity index is 3.14. The first kappa shape index (κ1) is 18.2. The average Bonchev–Trinajstić information content (AvgIpc) is 2.41. The summed E-state index contributed by atoms with van der Waals surface area (Å²) >= 11 is 0. The third-order valence-electron chi connectivity index (χ3n) is 3.30. The summed E-state index contributed by atoms with van der Waals surface area (Å²) in [5, 5.41) is 0. The summed E-state index contributed by atoms with van der Waals surface area (Å²) in [6.45, 7) is 6.53. The van der Waals surface area contributed by atoms with E-state index in [2.05, 4.69) is 13.5 Å². The third kappa shape index (κ3) is 15.2. The lowest BCUT2D eigenvalue weighted by Crippen LogP contribution is -2.05. The number of ether oxygens (including phenoxy) is 1. The summed E-state index contributed by atoms with van der Waals surface area (Å²) in [5.74, 6) is -0.0164. The highest BCUT2D eigenvalue weighted by molar-refractivity contribution is 5.69. The second-order valence-corrected chi connectivity index (χ2v) is 5.23. The lowest BCUT2D eigenvalue weighted by atomic mass is 10.1. The fourth-order valence-corrected chi connectivity index (χ4v) is 2.05. The smallest absolute Gasteiger partial charge is 0.305 e. The van der Waals surface area contributed by atoms with Crippen LogP contribution >= 0.6 is 0 Å². The molecule has 2 heteroatoms. The van der Waals surface area contributed by atoms with Gasteiger partial charge in [-0.1, -0.05) is 57.9 Å². The predicted octanol–water partition coefficient (Wildman–Crippen LogP) is 5.42. The van der Waals surface area contributed by atoms with Crippen molar-refractivity contribution in [3.05, 3.63) is 12.7 Å². The van der Waals surface area contributed by atoms with E-state index in [1.807, 2.05) is 6.08 Å².